The van der Waals surface area contributed by atoms with E-state index in [-0.39, 0.29) is 50.6 Å². The Morgan fingerprint density at radius 1 is 0.613 bits per heavy atom. The topological polar surface area (TPSA) is 542 Å². The SMILES string of the molecule is CC[C@H](C)[C@@H]1NC(=O)[C@@H](CCCNC(=N)N)NC(=O)[C@H](CC(C)C)NC(=O)[C@H]([C@H](O)C(C)C)NC(=O)[C@@H](NC(=O)[C@H](Cc2cccc3ccccc23)NC(=O)[C@@H](Cc2ccc3ccccc3c2)NC(=O)OC(C)(C)C)[C@@H](c2ccccc2)OC(=O)[C@H](CO)NC(=O)[C@H]([C@H](O)C(N)=O)NC(=O)CNC(=O)[C@H]([C@H](C)O)NC1=O. The monoisotopic (exact) mass is 1540 g/mol. The summed E-state index contributed by atoms with van der Waals surface area (Å²) in [5.41, 5.74) is 10.8. The Balaban J connectivity index is 1.57. The number of nitrogens with one attached hydrogen (secondary N) is 13. The molecule has 1 saturated heterocycles. The molecule has 0 saturated carbocycles. The molecule has 12 amide bonds. The molecular weight excluding hydrogens is 1440 g/mol. The number of aliphatic hydroxyl groups excluding tert-OH is 4. The average molecular weight is 1540 g/mol. The quantitative estimate of drug-likeness (QED) is 0.0153. The Kier molecular flexibility index (Phi) is 33.1. The Hall–Kier alpha value is -11.4. The van der Waals surface area contributed by atoms with Crippen LogP contribution in [0.15, 0.2) is 115 Å². The van der Waals surface area contributed by atoms with Crippen LogP contribution in [-0.4, -0.2) is 207 Å². The van der Waals surface area contributed by atoms with E-state index >= 15 is 19.2 Å². The van der Waals surface area contributed by atoms with Gasteiger partial charge >= 0.3 is 12.1 Å². The van der Waals surface area contributed by atoms with E-state index in [1.165, 1.54) is 44.2 Å². The van der Waals surface area contributed by atoms with Gasteiger partial charge in [-0.05, 0) is 103 Å². The summed E-state index contributed by atoms with van der Waals surface area (Å²) < 4.78 is 11.7. The lowest BCUT2D eigenvalue weighted by molar-refractivity contribution is -0.159. The van der Waals surface area contributed by atoms with Crippen LogP contribution in [0, 0.1) is 23.2 Å². The van der Waals surface area contributed by atoms with Gasteiger partial charge in [-0.25, -0.2) is 9.59 Å². The van der Waals surface area contributed by atoms with Crippen LogP contribution in [-0.2, 0) is 79.8 Å². The van der Waals surface area contributed by atoms with Crippen LogP contribution in [0.4, 0.5) is 4.79 Å². The van der Waals surface area contributed by atoms with E-state index in [4.69, 9.17) is 26.4 Å². The number of esters is 1. The molecule has 0 unspecified atom stereocenters. The number of rotatable bonds is 24. The first-order valence-corrected chi connectivity index (χ1v) is 36.6. The smallest absolute Gasteiger partial charge is 0.408 e. The number of ether oxygens (including phenoxy) is 2. The summed E-state index contributed by atoms with van der Waals surface area (Å²) in [7, 11) is 0. The number of hydrogen-bond acceptors (Lipinski definition) is 20. The third kappa shape index (κ3) is 26.4. The van der Waals surface area contributed by atoms with E-state index in [2.05, 4.69) is 58.5 Å². The van der Waals surface area contributed by atoms with Gasteiger partial charge in [-0.15, -0.1) is 0 Å². The van der Waals surface area contributed by atoms with E-state index in [0.29, 0.717) is 21.9 Å². The maximum Gasteiger partial charge on any atom is 0.408 e. The van der Waals surface area contributed by atoms with Crippen molar-refractivity contribution in [1.29, 1.82) is 5.41 Å². The van der Waals surface area contributed by atoms with Gasteiger partial charge in [-0.2, -0.15) is 0 Å². The number of fused-ring (bicyclic) bond motifs is 2. The van der Waals surface area contributed by atoms with Gasteiger partial charge in [0.1, 0.15) is 60.0 Å². The number of aliphatic hydroxyl groups is 4. The third-order valence-corrected chi connectivity index (χ3v) is 18.3. The zero-order valence-corrected chi connectivity index (χ0v) is 63.7. The maximum absolute atomic E-state index is 16.0. The minimum Gasteiger partial charge on any atom is -0.453 e. The fourth-order valence-electron chi connectivity index (χ4n) is 12.1. The molecule has 0 radical (unpaired) electrons. The number of guanidine groups is 1. The molecule has 6 rings (SSSR count). The number of hydrogen-bond donors (Lipinski definition) is 19. The number of primary amides is 1. The summed E-state index contributed by atoms with van der Waals surface area (Å²) in [6, 6.07) is 12.8. The number of amides is 12. The highest BCUT2D eigenvalue weighted by Gasteiger charge is 2.44. The van der Waals surface area contributed by atoms with Gasteiger partial charge in [0, 0.05) is 19.4 Å². The maximum atomic E-state index is 16.0. The van der Waals surface area contributed by atoms with Gasteiger partial charge in [0.15, 0.2) is 24.2 Å². The fourth-order valence-corrected chi connectivity index (χ4v) is 12.1. The Bertz CT molecular complexity index is 4130. The van der Waals surface area contributed by atoms with Crippen LogP contribution in [0.5, 0.6) is 0 Å². The highest BCUT2D eigenvalue weighted by atomic mass is 16.6. The summed E-state index contributed by atoms with van der Waals surface area (Å²) in [4.78, 5) is 190. The highest BCUT2D eigenvalue weighted by molar-refractivity contribution is 6.01. The molecule has 0 spiro atoms. The fraction of sp³-hybridized carbons (Fsp3) is 0.481. The Morgan fingerprint density at radius 3 is 1.81 bits per heavy atom. The van der Waals surface area contributed by atoms with Crippen molar-refractivity contribution < 1.29 is 92.2 Å². The first kappa shape index (κ1) is 88.5. The number of carbonyl (C=O) groups excluding carboxylic acids is 13. The van der Waals surface area contributed by atoms with Crippen molar-refractivity contribution in [2.24, 2.45) is 29.2 Å². The number of carbonyl (C=O) groups is 13. The Morgan fingerprint density at radius 2 is 1.19 bits per heavy atom. The van der Waals surface area contributed by atoms with E-state index in [1.807, 2.05) is 35.6 Å². The van der Waals surface area contributed by atoms with Gasteiger partial charge < -0.3 is 105 Å². The summed E-state index contributed by atoms with van der Waals surface area (Å²) in [6.45, 7) is 13.0. The first-order chi connectivity index (χ1) is 52.4. The van der Waals surface area contributed by atoms with Gasteiger partial charge in [0.25, 0.3) is 0 Å². The molecule has 34 nitrogen and oxygen atoms in total. The lowest BCUT2D eigenvalue weighted by Crippen LogP contribution is -2.64. The molecule has 5 aromatic rings. The molecule has 0 bridgehead atoms. The van der Waals surface area contributed by atoms with E-state index < -0.39 is 204 Å². The lowest BCUT2D eigenvalue weighted by Gasteiger charge is -2.34. The second kappa shape index (κ2) is 41.4. The number of cyclic esters (lactones) is 1. The van der Waals surface area contributed by atoms with Crippen molar-refractivity contribution in [2.45, 2.75) is 198 Å². The van der Waals surface area contributed by atoms with Crippen molar-refractivity contribution in [3.05, 3.63) is 132 Å². The lowest BCUT2D eigenvalue weighted by atomic mass is 9.95. The molecule has 5 aromatic carbocycles. The van der Waals surface area contributed by atoms with Crippen molar-refractivity contribution >= 4 is 105 Å². The molecule has 0 aromatic heterocycles. The van der Waals surface area contributed by atoms with Crippen LogP contribution in [0.1, 0.15) is 118 Å². The van der Waals surface area contributed by atoms with E-state index in [9.17, 15) is 63.6 Å². The average Bonchev–Trinajstić information content (AvgIpc) is 0.805. The molecule has 1 heterocycles. The standard InChI is InChI=1S/C77H105N15O19/c1-11-41(6)56-70(104)90-57(42(7)94)69(103)82-37-55(95)88-59(62(97)64(78)98)72(106)86-54(38-93)74(108)110-63(46-23-13-12-14-24-46)60(73(107)91-58(61(96)40(4)5)71(105)85-51(33-39(2)3)66(100)83-50(65(99)89-56)29-20-32-81-75(79)80)92-68(102)53(36-48-27-19-26-45-22-17-18-28-49(45)48)84-67(101)52(87-76(109)111-77(8,9)10)35-43-30-31-44-21-15-16-25-47(44)34-43/h12-19,21-28,30-31,34,39-42,50-54,56-63,93-94,96-97H,11,20,29,32-33,35-38H2,1-10H3,(H2,78,98)(H,82,103)(H,83,100)(H,84,101)(H,85,105)(H,86,106)(H,87,109)(H,88,95)(H,89,99)(H,90,104)(H,91,107)(H,92,102)(H4,79,80,81)/t41-,42-,50+,51-,52+,53-,54-,56-,57-,58-,59-,60-,61+,62-,63+/m0/s1. The molecule has 15 atom stereocenters. The minimum absolute atomic E-state index is 0.0124. The normalized spacial score (nSPS) is 22.2. The molecule has 0 aliphatic carbocycles. The van der Waals surface area contributed by atoms with Gasteiger partial charge in [-0.1, -0.05) is 163 Å². The summed E-state index contributed by atoms with van der Waals surface area (Å²) in [6.07, 6.45) is -10.2. The van der Waals surface area contributed by atoms with Crippen molar-refractivity contribution in [3.8, 4) is 0 Å². The largest absolute Gasteiger partial charge is 0.453 e. The third-order valence-electron chi connectivity index (χ3n) is 18.3. The summed E-state index contributed by atoms with van der Waals surface area (Å²) >= 11 is 0. The van der Waals surface area contributed by atoms with Crippen LogP contribution < -0.4 is 75.3 Å². The highest BCUT2D eigenvalue weighted by Crippen LogP contribution is 2.27. The molecule has 111 heavy (non-hydrogen) atoms. The summed E-state index contributed by atoms with van der Waals surface area (Å²) in [5, 5.41) is 85.3. The number of nitrogens with two attached hydrogens (primary N) is 2. The number of benzene rings is 5. The minimum atomic E-state index is -2.63. The van der Waals surface area contributed by atoms with Crippen molar-refractivity contribution in [3.63, 3.8) is 0 Å². The molecule has 34 heteroatoms. The zero-order chi connectivity index (χ0) is 82.1. The van der Waals surface area contributed by atoms with Crippen LogP contribution in [0.3, 0.4) is 0 Å². The van der Waals surface area contributed by atoms with E-state index in [0.717, 1.165) is 17.7 Å². The zero-order valence-electron chi connectivity index (χ0n) is 63.7. The molecule has 1 fully saturated rings. The predicted molar refractivity (Wildman–Crippen MR) is 407 cm³/mol. The van der Waals surface area contributed by atoms with Gasteiger partial charge in [-0.3, -0.25) is 58.1 Å². The molecular formula is C77H105N15O19. The molecule has 21 N–H and O–H groups in total. The molecule has 1 aliphatic rings. The van der Waals surface area contributed by atoms with E-state index in [1.54, 1.807) is 103 Å². The predicted octanol–water partition coefficient (Wildman–Crippen LogP) is -0.959. The van der Waals surface area contributed by atoms with Crippen molar-refractivity contribution in [2.75, 3.05) is 19.7 Å². The molecule has 602 valence electrons. The first-order valence-electron chi connectivity index (χ1n) is 36.6. The Labute approximate surface area is 642 Å². The van der Waals surface area contributed by atoms with Gasteiger partial charge in [0.2, 0.25) is 65.0 Å². The van der Waals surface area contributed by atoms with Crippen molar-refractivity contribution in [1.82, 2.24) is 63.8 Å². The van der Waals surface area contributed by atoms with Crippen LogP contribution >= 0.6 is 0 Å². The second-order valence-corrected chi connectivity index (χ2v) is 29.2. The number of alkyl carbamates (subject to hydrolysis) is 1. The van der Waals surface area contributed by atoms with Crippen LogP contribution in [0.2, 0.25) is 0 Å². The van der Waals surface area contributed by atoms with Gasteiger partial charge in [0.05, 0.1) is 25.4 Å². The second-order valence-electron chi connectivity index (χ2n) is 29.2. The van der Waals surface area contributed by atoms with Crippen LogP contribution in [0.25, 0.3) is 21.5 Å². The summed E-state index contributed by atoms with van der Waals surface area (Å²) in [5.74, 6) is -17.9. The molecule has 1 aliphatic heterocycles.